The molecule has 0 radical (unpaired) electrons. The molecule has 84 valence electrons. The third kappa shape index (κ3) is 2.59. The Hall–Kier alpha value is -0.840. The van der Waals surface area contributed by atoms with Crippen LogP contribution in [0.5, 0.6) is 5.75 Å². The predicted octanol–water partition coefficient (Wildman–Crippen LogP) is 2.23. The molecule has 0 fully saturated rings. The van der Waals surface area contributed by atoms with Gasteiger partial charge in [0.15, 0.2) is 0 Å². The van der Waals surface area contributed by atoms with E-state index in [-0.39, 0.29) is 5.02 Å². The van der Waals surface area contributed by atoms with E-state index in [1.54, 1.807) is 6.92 Å². The Bertz CT molecular complexity index is 358. The standard InChI is InChI=1S/C10H13ClFNO2/c1-6-9(12)8(11)5-7(3-4-15-13)10(6)14-2/h5H,3-4,13H2,1-2H3. The molecule has 0 bridgehead atoms. The highest BCUT2D eigenvalue weighted by Crippen LogP contribution is 2.31. The van der Waals surface area contributed by atoms with Gasteiger partial charge in [0, 0.05) is 12.0 Å². The molecule has 2 N–H and O–H groups in total. The van der Waals surface area contributed by atoms with Gasteiger partial charge in [-0.15, -0.1) is 0 Å². The molecule has 1 aromatic rings. The van der Waals surface area contributed by atoms with Crippen molar-refractivity contribution >= 4 is 11.6 Å². The van der Waals surface area contributed by atoms with Crippen LogP contribution in [0.15, 0.2) is 6.07 Å². The van der Waals surface area contributed by atoms with Gasteiger partial charge in [0.2, 0.25) is 0 Å². The summed E-state index contributed by atoms with van der Waals surface area (Å²) in [6.07, 6.45) is 0.528. The highest BCUT2D eigenvalue weighted by atomic mass is 35.5. The second-order valence-electron chi connectivity index (χ2n) is 3.11. The molecule has 0 heterocycles. The molecular weight excluding hydrogens is 221 g/mol. The van der Waals surface area contributed by atoms with E-state index < -0.39 is 5.82 Å². The van der Waals surface area contributed by atoms with Crippen molar-refractivity contribution in [3.8, 4) is 5.75 Å². The first-order chi connectivity index (χ1) is 7.11. The van der Waals surface area contributed by atoms with E-state index in [0.717, 1.165) is 5.56 Å². The maximum atomic E-state index is 13.4. The summed E-state index contributed by atoms with van der Waals surface area (Å²) in [5.74, 6) is 4.97. The summed E-state index contributed by atoms with van der Waals surface area (Å²) in [4.78, 5) is 4.46. The lowest BCUT2D eigenvalue weighted by atomic mass is 10.1. The molecule has 0 aliphatic rings. The van der Waals surface area contributed by atoms with E-state index >= 15 is 0 Å². The van der Waals surface area contributed by atoms with E-state index in [1.807, 2.05) is 0 Å². The Morgan fingerprint density at radius 1 is 1.53 bits per heavy atom. The summed E-state index contributed by atoms with van der Waals surface area (Å²) in [5.41, 5.74) is 1.18. The molecule has 0 unspecified atom stereocenters. The lowest BCUT2D eigenvalue weighted by Gasteiger charge is -2.12. The van der Waals surface area contributed by atoms with Gasteiger partial charge in [0.25, 0.3) is 0 Å². The molecule has 1 aromatic carbocycles. The first kappa shape index (κ1) is 12.2. The fraction of sp³-hybridized carbons (Fsp3) is 0.400. The third-order valence-electron chi connectivity index (χ3n) is 2.17. The molecule has 0 aliphatic heterocycles. The van der Waals surface area contributed by atoms with Crippen molar-refractivity contribution in [3.63, 3.8) is 0 Å². The van der Waals surface area contributed by atoms with Crippen LogP contribution in [0.1, 0.15) is 11.1 Å². The summed E-state index contributed by atoms with van der Waals surface area (Å²) < 4.78 is 18.5. The highest BCUT2D eigenvalue weighted by Gasteiger charge is 2.14. The molecule has 0 aromatic heterocycles. The number of hydrogen-bond donors (Lipinski definition) is 1. The van der Waals surface area contributed by atoms with Gasteiger partial charge in [-0.05, 0) is 18.6 Å². The van der Waals surface area contributed by atoms with Crippen molar-refractivity contribution < 1.29 is 14.0 Å². The van der Waals surface area contributed by atoms with Crippen molar-refractivity contribution in [2.75, 3.05) is 13.7 Å². The van der Waals surface area contributed by atoms with Crippen LogP contribution < -0.4 is 10.6 Å². The van der Waals surface area contributed by atoms with Crippen LogP contribution in [0.4, 0.5) is 4.39 Å². The van der Waals surface area contributed by atoms with Gasteiger partial charge in [0.05, 0.1) is 18.7 Å². The molecule has 0 atom stereocenters. The van der Waals surface area contributed by atoms with Crippen LogP contribution >= 0.6 is 11.6 Å². The molecule has 1 rings (SSSR count). The molecule has 3 nitrogen and oxygen atoms in total. The minimum Gasteiger partial charge on any atom is -0.496 e. The number of nitrogens with two attached hydrogens (primary N) is 1. The van der Waals surface area contributed by atoms with Gasteiger partial charge in [0.1, 0.15) is 11.6 Å². The van der Waals surface area contributed by atoms with E-state index in [2.05, 4.69) is 4.84 Å². The summed E-state index contributed by atoms with van der Waals surface area (Å²) in [6.45, 7) is 1.95. The van der Waals surface area contributed by atoms with Crippen molar-refractivity contribution in [1.29, 1.82) is 0 Å². The van der Waals surface area contributed by atoms with E-state index in [1.165, 1.54) is 13.2 Å². The van der Waals surface area contributed by atoms with Gasteiger partial charge in [-0.2, -0.15) is 0 Å². The van der Waals surface area contributed by atoms with Crippen LogP contribution in [-0.4, -0.2) is 13.7 Å². The zero-order valence-electron chi connectivity index (χ0n) is 8.64. The Morgan fingerprint density at radius 2 is 2.20 bits per heavy atom. The van der Waals surface area contributed by atoms with Crippen molar-refractivity contribution in [3.05, 3.63) is 28.0 Å². The third-order valence-corrected chi connectivity index (χ3v) is 2.44. The quantitative estimate of drug-likeness (QED) is 0.812. The molecule has 15 heavy (non-hydrogen) atoms. The average molecular weight is 234 g/mol. The average Bonchev–Trinajstić information content (AvgIpc) is 2.23. The summed E-state index contributed by atoms with van der Waals surface area (Å²) in [6, 6.07) is 1.53. The predicted molar refractivity (Wildman–Crippen MR) is 56.5 cm³/mol. The van der Waals surface area contributed by atoms with Gasteiger partial charge in [-0.3, -0.25) is 0 Å². The van der Waals surface area contributed by atoms with E-state index in [0.29, 0.717) is 24.3 Å². The normalized spacial score (nSPS) is 10.5. The molecular formula is C10H13ClFNO2. The number of methoxy groups -OCH3 is 1. The monoisotopic (exact) mass is 233 g/mol. The smallest absolute Gasteiger partial charge is 0.148 e. The maximum Gasteiger partial charge on any atom is 0.148 e. The first-order valence-electron chi connectivity index (χ1n) is 4.45. The summed E-state index contributed by atoms with van der Waals surface area (Å²) >= 11 is 5.72. The Labute approximate surface area is 92.9 Å². The lowest BCUT2D eigenvalue weighted by Crippen LogP contribution is -2.06. The molecule has 5 heteroatoms. The Kier molecular flexibility index (Phi) is 4.32. The number of rotatable bonds is 4. The second-order valence-corrected chi connectivity index (χ2v) is 3.52. The van der Waals surface area contributed by atoms with Crippen LogP contribution in [0.2, 0.25) is 5.02 Å². The number of hydrogen-bond acceptors (Lipinski definition) is 3. The van der Waals surface area contributed by atoms with Crippen molar-refractivity contribution in [2.24, 2.45) is 5.90 Å². The van der Waals surface area contributed by atoms with Crippen LogP contribution in [0.25, 0.3) is 0 Å². The minimum atomic E-state index is -0.453. The van der Waals surface area contributed by atoms with Crippen LogP contribution in [0.3, 0.4) is 0 Å². The minimum absolute atomic E-state index is 0.0836. The second kappa shape index (κ2) is 5.30. The van der Waals surface area contributed by atoms with Gasteiger partial charge >= 0.3 is 0 Å². The van der Waals surface area contributed by atoms with E-state index in [4.69, 9.17) is 22.2 Å². The summed E-state index contributed by atoms with van der Waals surface area (Å²) in [5, 5.41) is 0.0836. The fourth-order valence-corrected chi connectivity index (χ4v) is 1.71. The Morgan fingerprint density at radius 3 is 2.73 bits per heavy atom. The lowest BCUT2D eigenvalue weighted by molar-refractivity contribution is 0.140. The highest BCUT2D eigenvalue weighted by molar-refractivity contribution is 6.30. The van der Waals surface area contributed by atoms with Gasteiger partial charge < -0.3 is 9.57 Å². The fourth-order valence-electron chi connectivity index (χ4n) is 1.44. The SMILES string of the molecule is COc1c(CCON)cc(Cl)c(F)c1C. The zero-order valence-corrected chi connectivity index (χ0v) is 9.40. The zero-order chi connectivity index (χ0) is 11.4. The molecule has 0 aliphatic carbocycles. The molecule has 0 spiro atoms. The van der Waals surface area contributed by atoms with Crippen LogP contribution in [0, 0.1) is 12.7 Å². The van der Waals surface area contributed by atoms with Gasteiger partial charge in [-0.1, -0.05) is 11.6 Å². The van der Waals surface area contributed by atoms with Crippen molar-refractivity contribution in [1.82, 2.24) is 0 Å². The Balaban J connectivity index is 3.13. The molecule has 0 saturated carbocycles. The first-order valence-corrected chi connectivity index (χ1v) is 4.82. The maximum absolute atomic E-state index is 13.4. The molecule has 0 amide bonds. The number of benzene rings is 1. The van der Waals surface area contributed by atoms with E-state index in [9.17, 15) is 4.39 Å². The van der Waals surface area contributed by atoms with Crippen LogP contribution in [-0.2, 0) is 11.3 Å². The number of ether oxygens (including phenoxy) is 1. The molecule has 0 saturated heterocycles. The van der Waals surface area contributed by atoms with Crippen molar-refractivity contribution in [2.45, 2.75) is 13.3 Å². The summed E-state index contributed by atoms with van der Waals surface area (Å²) in [7, 11) is 1.49. The van der Waals surface area contributed by atoms with Gasteiger partial charge in [-0.25, -0.2) is 10.3 Å². The number of halogens is 2. The largest absolute Gasteiger partial charge is 0.496 e. The topological polar surface area (TPSA) is 44.5 Å².